The van der Waals surface area contributed by atoms with E-state index in [1.807, 2.05) is 13.8 Å². The van der Waals surface area contributed by atoms with Crippen molar-refractivity contribution in [2.75, 3.05) is 18.1 Å². The number of piperazine rings is 1. The van der Waals surface area contributed by atoms with Crippen LogP contribution in [0, 0.1) is 12.7 Å². The Kier molecular flexibility index (Phi) is 4.46. The SMILES string of the molecule is Cc1c(CCCO)nc2c3c(ncc(F)c13)OC(C)C1C3CCC(CN21)N3C(=O)O. The molecule has 0 aliphatic carbocycles. The summed E-state index contributed by atoms with van der Waals surface area (Å²) in [6, 6.07) is -0.575. The van der Waals surface area contributed by atoms with Crippen molar-refractivity contribution in [3.8, 4) is 5.88 Å². The third-order valence-corrected chi connectivity index (χ3v) is 6.82. The van der Waals surface area contributed by atoms with E-state index in [0.717, 1.165) is 24.1 Å². The van der Waals surface area contributed by atoms with Crippen molar-refractivity contribution < 1.29 is 24.1 Å². The van der Waals surface area contributed by atoms with Gasteiger partial charge in [0.2, 0.25) is 5.88 Å². The van der Waals surface area contributed by atoms with Crippen LogP contribution in [0.2, 0.25) is 0 Å². The lowest BCUT2D eigenvalue weighted by molar-refractivity contribution is 0.0707. The number of hydrogen-bond acceptors (Lipinski definition) is 6. The first-order chi connectivity index (χ1) is 14.4. The van der Waals surface area contributed by atoms with Crippen LogP contribution in [0.4, 0.5) is 15.0 Å². The van der Waals surface area contributed by atoms with E-state index in [2.05, 4.69) is 9.88 Å². The number of ether oxygens (including phenoxy) is 1. The average Bonchev–Trinajstić information content (AvgIpc) is 2.96. The summed E-state index contributed by atoms with van der Waals surface area (Å²) in [5.74, 6) is 0.522. The van der Waals surface area contributed by atoms with Crippen LogP contribution in [0.1, 0.15) is 37.4 Å². The molecular formula is C21H25FN4O4. The summed E-state index contributed by atoms with van der Waals surface area (Å²) in [6.07, 6.45) is 2.54. The van der Waals surface area contributed by atoms with Crippen molar-refractivity contribution >= 4 is 22.7 Å². The van der Waals surface area contributed by atoms with Gasteiger partial charge in [-0.3, -0.25) is 4.90 Å². The van der Waals surface area contributed by atoms with Gasteiger partial charge in [-0.1, -0.05) is 0 Å². The smallest absolute Gasteiger partial charge is 0.407 e. The highest BCUT2D eigenvalue weighted by molar-refractivity contribution is 5.99. The highest BCUT2D eigenvalue weighted by atomic mass is 19.1. The molecule has 2 bridgehead atoms. The Labute approximate surface area is 173 Å². The molecule has 160 valence electrons. The number of carbonyl (C=O) groups is 1. The number of aliphatic hydroxyl groups is 1. The van der Waals surface area contributed by atoms with E-state index in [0.29, 0.717) is 41.9 Å². The van der Waals surface area contributed by atoms with Crippen molar-refractivity contribution in [1.82, 2.24) is 14.9 Å². The Bertz CT molecular complexity index is 1030. The number of hydrogen-bond donors (Lipinski definition) is 2. The molecule has 0 aromatic carbocycles. The average molecular weight is 416 g/mol. The molecule has 0 saturated carbocycles. The van der Waals surface area contributed by atoms with Crippen LogP contribution < -0.4 is 9.64 Å². The number of pyridine rings is 2. The minimum Gasteiger partial charge on any atom is -0.472 e. The summed E-state index contributed by atoms with van der Waals surface area (Å²) in [5, 5.41) is 20.1. The second-order valence-electron chi connectivity index (χ2n) is 8.45. The number of aromatic nitrogens is 2. The van der Waals surface area contributed by atoms with Gasteiger partial charge in [-0.15, -0.1) is 0 Å². The monoisotopic (exact) mass is 416 g/mol. The largest absolute Gasteiger partial charge is 0.472 e. The van der Waals surface area contributed by atoms with E-state index in [1.54, 1.807) is 4.90 Å². The van der Waals surface area contributed by atoms with Gasteiger partial charge in [0.15, 0.2) is 0 Å². The number of nitrogens with zero attached hydrogens (tertiary/aromatic N) is 4. The number of carboxylic acid groups (broad SMARTS) is 1. The summed E-state index contributed by atoms with van der Waals surface area (Å²) in [4.78, 5) is 24.7. The number of rotatable bonds is 3. The standard InChI is InChI=1S/C21H25FN4O4/c1-10-14(4-3-7-27)24-19-17-16(10)13(22)8-23-20(17)30-11(2)18-15-6-5-12(9-25(18)19)26(15)21(28)29/h8,11-12,15,18,27H,3-7,9H2,1-2H3,(H,28,29). The molecule has 2 aromatic heterocycles. The first kappa shape index (κ1) is 19.3. The van der Waals surface area contributed by atoms with Gasteiger partial charge in [0.1, 0.15) is 17.7 Å². The number of aryl methyl sites for hydroxylation is 2. The molecule has 4 atom stereocenters. The molecule has 5 rings (SSSR count). The lowest BCUT2D eigenvalue weighted by Gasteiger charge is -2.47. The van der Waals surface area contributed by atoms with E-state index < -0.39 is 11.9 Å². The maximum absolute atomic E-state index is 15.0. The van der Waals surface area contributed by atoms with Crippen LogP contribution >= 0.6 is 0 Å². The van der Waals surface area contributed by atoms with Crippen molar-refractivity contribution in [3.63, 3.8) is 0 Å². The van der Waals surface area contributed by atoms with Gasteiger partial charge < -0.3 is 19.8 Å². The number of halogens is 1. The van der Waals surface area contributed by atoms with Gasteiger partial charge >= 0.3 is 6.09 Å². The molecule has 2 aromatic rings. The predicted octanol–water partition coefficient (Wildman–Crippen LogP) is 2.48. The van der Waals surface area contributed by atoms with Crippen LogP contribution in [0.5, 0.6) is 5.88 Å². The van der Waals surface area contributed by atoms with Gasteiger partial charge in [-0.25, -0.2) is 19.2 Å². The molecule has 3 aliphatic rings. The molecule has 4 unspecified atom stereocenters. The first-order valence-electron chi connectivity index (χ1n) is 10.5. The molecule has 30 heavy (non-hydrogen) atoms. The molecule has 9 heteroatoms. The van der Waals surface area contributed by atoms with Gasteiger partial charge in [0.25, 0.3) is 0 Å². The van der Waals surface area contributed by atoms with Gasteiger partial charge in [-0.2, -0.15) is 0 Å². The molecular weight excluding hydrogens is 391 g/mol. The third-order valence-electron chi connectivity index (χ3n) is 6.82. The van der Waals surface area contributed by atoms with Crippen LogP contribution in [0.15, 0.2) is 6.20 Å². The lowest BCUT2D eigenvalue weighted by Crippen LogP contribution is -2.64. The number of aliphatic hydroxyl groups excluding tert-OH is 1. The zero-order valence-electron chi connectivity index (χ0n) is 17.0. The van der Waals surface area contributed by atoms with E-state index in [1.165, 1.54) is 6.20 Å². The Morgan fingerprint density at radius 1 is 1.37 bits per heavy atom. The van der Waals surface area contributed by atoms with E-state index >= 15 is 0 Å². The normalized spacial score (nSPS) is 27.1. The van der Waals surface area contributed by atoms with E-state index in [4.69, 9.17) is 9.72 Å². The highest BCUT2D eigenvalue weighted by Gasteiger charge is 2.52. The number of anilines is 1. The number of amides is 1. The van der Waals surface area contributed by atoms with Gasteiger partial charge in [0, 0.05) is 24.2 Å². The minimum atomic E-state index is -0.911. The Balaban J connectivity index is 1.73. The highest BCUT2D eigenvalue weighted by Crippen LogP contribution is 2.45. The predicted molar refractivity (Wildman–Crippen MR) is 108 cm³/mol. The van der Waals surface area contributed by atoms with Crippen molar-refractivity contribution in [3.05, 3.63) is 23.3 Å². The quantitative estimate of drug-likeness (QED) is 0.793. The molecule has 2 N–H and O–H groups in total. The minimum absolute atomic E-state index is 0.0305. The topological polar surface area (TPSA) is 99.0 Å². The van der Waals surface area contributed by atoms with E-state index in [-0.39, 0.29) is 30.8 Å². The lowest BCUT2D eigenvalue weighted by atomic mass is 9.97. The van der Waals surface area contributed by atoms with E-state index in [9.17, 15) is 19.4 Å². The first-order valence-corrected chi connectivity index (χ1v) is 10.5. The maximum Gasteiger partial charge on any atom is 0.407 e. The number of fused-ring (bicyclic) bond motifs is 5. The molecule has 5 heterocycles. The molecule has 8 nitrogen and oxygen atoms in total. The summed E-state index contributed by atoms with van der Waals surface area (Å²) in [7, 11) is 0. The zero-order chi connectivity index (χ0) is 21.2. The van der Waals surface area contributed by atoms with Crippen LogP contribution in [0.3, 0.4) is 0 Å². The van der Waals surface area contributed by atoms with Crippen LogP contribution in [-0.2, 0) is 6.42 Å². The maximum atomic E-state index is 15.0. The Morgan fingerprint density at radius 2 is 2.17 bits per heavy atom. The fourth-order valence-electron chi connectivity index (χ4n) is 5.56. The summed E-state index contributed by atoms with van der Waals surface area (Å²) >= 11 is 0. The molecule has 0 radical (unpaired) electrons. The second kappa shape index (κ2) is 6.94. The Morgan fingerprint density at radius 3 is 2.90 bits per heavy atom. The zero-order valence-corrected chi connectivity index (χ0v) is 17.0. The molecule has 0 spiro atoms. The summed E-state index contributed by atoms with van der Waals surface area (Å²) in [6.45, 7) is 4.27. The summed E-state index contributed by atoms with van der Waals surface area (Å²) < 4.78 is 21.1. The van der Waals surface area contributed by atoms with Crippen molar-refractivity contribution in [1.29, 1.82) is 0 Å². The van der Waals surface area contributed by atoms with Crippen LogP contribution in [-0.4, -0.2) is 68.6 Å². The second-order valence-corrected chi connectivity index (χ2v) is 8.45. The van der Waals surface area contributed by atoms with Crippen molar-refractivity contribution in [2.24, 2.45) is 0 Å². The Hall–Kier alpha value is -2.68. The summed E-state index contributed by atoms with van der Waals surface area (Å²) in [5.41, 5.74) is 1.47. The molecule has 3 aliphatic heterocycles. The van der Waals surface area contributed by atoms with Crippen LogP contribution in [0.25, 0.3) is 10.8 Å². The molecule has 2 saturated heterocycles. The molecule has 1 amide bonds. The molecule has 2 fully saturated rings. The van der Waals surface area contributed by atoms with Gasteiger partial charge in [0.05, 0.1) is 29.7 Å². The van der Waals surface area contributed by atoms with Crippen molar-refractivity contribution in [2.45, 2.75) is 63.8 Å². The fourth-order valence-corrected chi connectivity index (χ4v) is 5.56. The van der Waals surface area contributed by atoms with Gasteiger partial charge in [-0.05, 0) is 45.1 Å². The fraction of sp³-hybridized carbons (Fsp3) is 0.571. The third kappa shape index (κ3) is 2.64.